The number of rotatable bonds is 3. The van der Waals surface area contributed by atoms with Crippen molar-refractivity contribution in [3.63, 3.8) is 0 Å². The SMILES string of the molecule is Cc1ccc(S(=O)Cc2cccnc2)cc1.Cl. The van der Waals surface area contributed by atoms with Gasteiger partial charge in [0.25, 0.3) is 0 Å². The Morgan fingerprint density at radius 2 is 1.88 bits per heavy atom. The van der Waals surface area contributed by atoms with Gasteiger partial charge in [-0.2, -0.15) is 0 Å². The molecule has 0 saturated carbocycles. The molecular weight excluding hydrogens is 254 g/mol. The summed E-state index contributed by atoms with van der Waals surface area (Å²) in [7, 11) is -0.983. The van der Waals surface area contributed by atoms with Crippen LogP contribution in [0.4, 0.5) is 0 Å². The third-order valence-electron chi connectivity index (χ3n) is 2.30. The number of halogens is 1. The topological polar surface area (TPSA) is 30.0 Å². The molecule has 0 radical (unpaired) electrons. The summed E-state index contributed by atoms with van der Waals surface area (Å²) in [5.41, 5.74) is 2.18. The van der Waals surface area contributed by atoms with Crippen LogP contribution in [0.25, 0.3) is 0 Å². The Balaban J connectivity index is 0.00000144. The van der Waals surface area contributed by atoms with Gasteiger partial charge < -0.3 is 0 Å². The van der Waals surface area contributed by atoms with Gasteiger partial charge in [-0.15, -0.1) is 12.4 Å². The van der Waals surface area contributed by atoms with Gasteiger partial charge in [-0.25, -0.2) is 0 Å². The lowest BCUT2D eigenvalue weighted by Crippen LogP contribution is -1.96. The second kappa shape index (κ2) is 6.52. The molecule has 1 unspecified atom stereocenters. The minimum absolute atomic E-state index is 0. The molecule has 2 rings (SSSR count). The summed E-state index contributed by atoms with van der Waals surface area (Å²) in [5.74, 6) is 0.525. The van der Waals surface area contributed by atoms with E-state index in [0.29, 0.717) is 5.75 Å². The molecule has 1 atom stereocenters. The van der Waals surface area contributed by atoms with E-state index >= 15 is 0 Å². The number of pyridine rings is 1. The first-order chi connectivity index (χ1) is 7.75. The maximum Gasteiger partial charge on any atom is 0.0574 e. The Bertz CT molecular complexity index is 485. The molecular formula is C13H14ClNOS. The van der Waals surface area contributed by atoms with E-state index in [0.717, 1.165) is 10.5 Å². The van der Waals surface area contributed by atoms with Crippen molar-refractivity contribution in [2.24, 2.45) is 0 Å². The predicted molar refractivity (Wildman–Crippen MR) is 72.8 cm³/mol. The van der Waals surface area contributed by atoms with Crippen LogP contribution in [0.3, 0.4) is 0 Å². The number of hydrogen-bond acceptors (Lipinski definition) is 2. The summed E-state index contributed by atoms with van der Waals surface area (Å²) >= 11 is 0. The zero-order chi connectivity index (χ0) is 11.4. The number of benzene rings is 1. The summed E-state index contributed by atoms with van der Waals surface area (Å²) in [6, 6.07) is 11.6. The van der Waals surface area contributed by atoms with Crippen molar-refractivity contribution in [1.29, 1.82) is 0 Å². The quantitative estimate of drug-likeness (QED) is 0.855. The number of aromatic nitrogens is 1. The van der Waals surface area contributed by atoms with Crippen molar-refractivity contribution < 1.29 is 4.21 Å². The average molecular weight is 268 g/mol. The van der Waals surface area contributed by atoms with Gasteiger partial charge in [-0.3, -0.25) is 9.19 Å². The Hall–Kier alpha value is -1.19. The minimum atomic E-state index is -0.983. The van der Waals surface area contributed by atoms with Crippen LogP contribution in [-0.4, -0.2) is 9.19 Å². The zero-order valence-corrected chi connectivity index (χ0v) is 11.1. The molecule has 1 aromatic carbocycles. The molecule has 0 aliphatic heterocycles. The van der Waals surface area contributed by atoms with Crippen molar-refractivity contribution >= 4 is 23.2 Å². The first kappa shape index (κ1) is 13.9. The Kier molecular flexibility index (Phi) is 5.32. The summed E-state index contributed by atoms with van der Waals surface area (Å²) < 4.78 is 12.0. The molecule has 0 N–H and O–H groups in total. The highest BCUT2D eigenvalue weighted by Gasteiger charge is 2.04. The molecule has 0 bridgehead atoms. The fraction of sp³-hybridized carbons (Fsp3) is 0.154. The van der Waals surface area contributed by atoms with Crippen molar-refractivity contribution in [1.82, 2.24) is 4.98 Å². The monoisotopic (exact) mass is 267 g/mol. The summed E-state index contributed by atoms with van der Waals surface area (Å²) in [5, 5.41) is 0. The van der Waals surface area contributed by atoms with E-state index in [1.807, 2.05) is 43.3 Å². The van der Waals surface area contributed by atoms with Crippen molar-refractivity contribution in [2.45, 2.75) is 17.6 Å². The van der Waals surface area contributed by atoms with Crippen LogP contribution >= 0.6 is 12.4 Å². The average Bonchev–Trinajstić information content (AvgIpc) is 2.31. The van der Waals surface area contributed by atoms with E-state index < -0.39 is 10.8 Å². The fourth-order valence-electron chi connectivity index (χ4n) is 1.41. The first-order valence-electron chi connectivity index (χ1n) is 5.09. The standard InChI is InChI=1S/C13H13NOS.ClH/c1-11-4-6-13(7-5-11)16(15)10-12-3-2-8-14-9-12;/h2-9H,10H2,1H3;1H. The molecule has 0 aliphatic rings. The van der Waals surface area contributed by atoms with Crippen LogP contribution in [-0.2, 0) is 16.6 Å². The van der Waals surface area contributed by atoms with E-state index in [4.69, 9.17) is 0 Å². The van der Waals surface area contributed by atoms with Gasteiger partial charge in [-0.05, 0) is 30.7 Å². The highest BCUT2D eigenvalue weighted by Crippen LogP contribution is 2.12. The van der Waals surface area contributed by atoms with E-state index in [1.165, 1.54) is 5.56 Å². The number of hydrogen-bond donors (Lipinski definition) is 0. The zero-order valence-electron chi connectivity index (χ0n) is 9.50. The van der Waals surface area contributed by atoms with E-state index in [2.05, 4.69) is 4.98 Å². The van der Waals surface area contributed by atoms with Gasteiger partial charge in [0.15, 0.2) is 0 Å². The molecule has 1 heterocycles. The molecule has 0 saturated heterocycles. The molecule has 0 fully saturated rings. The van der Waals surface area contributed by atoms with Crippen LogP contribution in [0, 0.1) is 6.92 Å². The van der Waals surface area contributed by atoms with E-state index in [9.17, 15) is 4.21 Å². The smallest absolute Gasteiger partial charge is 0.0574 e. The highest BCUT2D eigenvalue weighted by molar-refractivity contribution is 7.84. The summed E-state index contributed by atoms with van der Waals surface area (Å²) in [6.07, 6.45) is 3.48. The summed E-state index contributed by atoms with van der Waals surface area (Å²) in [6.45, 7) is 2.02. The Labute approximate surface area is 110 Å². The second-order valence-electron chi connectivity index (χ2n) is 3.66. The fourth-order valence-corrected chi connectivity index (χ4v) is 2.49. The molecule has 1 aromatic heterocycles. The van der Waals surface area contributed by atoms with Gasteiger partial charge in [0.05, 0.1) is 16.6 Å². The number of aryl methyl sites for hydroxylation is 1. The normalized spacial score (nSPS) is 11.6. The second-order valence-corrected chi connectivity index (χ2v) is 5.12. The first-order valence-corrected chi connectivity index (χ1v) is 6.41. The third-order valence-corrected chi connectivity index (χ3v) is 3.70. The molecule has 17 heavy (non-hydrogen) atoms. The maximum absolute atomic E-state index is 12.0. The van der Waals surface area contributed by atoms with Gasteiger partial charge in [0.1, 0.15) is 0 Å². The highest BCUT2D eigenvalue weighted by atomic mass is 35.5. The van der Waals surface area contributed by atoms with Crippen molar-refractivity contribution in [3.05, 3.63) is 59.9 Å². The van der Waals surface area contributed by atoms with Gasteiger partial charge in [0, 0.05) is 17.3 Å². The lowest BCUT2D eigenvalue weighted by Gasteiger charge is -2.02. The summed E-state index contributed by atoms with van der Waals surface area (Å²) in [4.78, 5) is 4.88. The van der Waals surface area contributed by atoms with Crippen LogP contribution < -0.4 is 0 Å². The predicted octanol–water partition coefficient (Wildman–Crippen LogP) is 3.12. The molecule has 2 aromatic rings. The van der Waals surface area contributed by atoms with E-state index in [-0.39, 0.29) is 12.4 Å². The molecule has 0 spiro atoms. The minimum Gasteiger partial charge on any atom is -0.264 e. The van der Waals surface area contributed by atoms with Gasteiger partial charge >= 0.3 is 0 Å². The molecule has 90 valence electrons. The van der Waals surface area contributed by atoms with Gasteiger partial charge in [-0.1, -0.05) is 23.8 Å². The van der Waals surface area contributed by atoms with Crippen LogP contribution in [0.15, 0.2) is 53.7 Å². The number of nitrogens with zero attached hydrogens (tertiary/aromatic N) is 1. The molecule has 0 amide bonds. The Morgan fingerprint density at radius 3 is 2.47 bits per heavy atom. The molecule has 0 aliphatic carbocycles. The molecule has 4 heteroatoms. The largest absolute Gasteiger partial charge is 0.264 e. The lowest BCUT2D eigenvalue weighted by molar-refractivity contribution is 0.682. The van der Waals surface area contributed by atoms with Crippen molar-refractivity contribution in [3.8, 4) is 0 Å². The van der Waals surface area contributed by atoms with Crippen LogP contribution in [0.5, 0.6) is 0 Å². The maximum atomic E-state index is 12.0. The van der Waals surface area contributed by atoms with E-state index in [1.54, 1.807) is 12.4 Å². The third kappa shape index (κ3) is 3.95. The van der Waals surface area contributed by atoms with Crippen molar-refractivity contribution in [2.75, 3.05) is 0 Å². The molecule has 2 nitrogen and oxygen atoms in total. The lowest BCUT2D eigenvalue weighted by atomic mass is 10.2. The van der Waals surface area contributed by atoms with Gasteiger partial charge in [0.2, 0.25) is 0 Å². The van der Waals surface area contributed by atoms with Crippen LogP contribution in [0.2, 0.25) is 0 Å². The van der Waals surface area contributed by atoms with Crippen LogP contribution in [0.1, 0.15) is 11.1 Å². The Morgan fingerprint density at radius 1 is 1.18 bits per heavy atom.